The lowest BCUT2D eigenvalue weighted by Gasteiger charge is -1.98. The van der Waals surface area contributed by atoms with Gasteiger partial charge in [0.1, 0.15) is 17.1 Å². The number of rotatable bonds is 1. The lowest BCUT2D eigenvalue weighted by atomic mass is 10.2. The van der Waals surface area contributed by atoms with E-state index in [4.69, 9.17) is 11.6 Å². The molecular formula is C11H7BrClN5. The minimum Gasteiger partial charge on any atom is -0.335 e. The van der Waals surface area contributed by atoms with E-state index in [-0.39, 0.29) is 0 Å². The van der Waals surface area contributed by atoms with Gasteiger partial charge in [-0.3, -0.25) is 0 Å². The minimum absolute atomic E-state index is 0.405. The van der Waals surface area contributed by atoms with E-state index >= 15 is 0 Å². The average molecular weight is 325 g/mol. The molecule has 0 spiro atoms. The predicted octanol–water partition coefficient (Wildman–Crippen LogP) is 2.84. The Kier molecular flexibility index (Phi) is 2.76. The summed E-state index contributed by atoms with van der Waals surface area (Å²) in [5.74, 6) is 0.598. The highest BCUT2D eigenvalue weighted by Gasteiger charge is 2.15. The zero-order chi connectivity index (χ0) is 12.7. The summed E-state index contributed by atoms with van der Waals surface area (Å²) in [6.07, 6.45) is 6.73. The molecule has 7 heteroatoms. The van der Waals surface area contributed by atoms with E-state index < -0.39 is 0 Å². The molecule has 0 saturated carbocycles. The monoisotopic (exact) mass is 323 g/mol. The van der Waals surface area contributed by atoms with Gasteiger partial charge in [0.2, 0.25) is 0 Å². The fourth-order valence-electron chi connectivity index (χ4n) is 1.79. The van der Waals surface area contributed by atoms with Crippen LogP contribution in [0.15, 0.2) is 29.4 Å². The van der Waals surface area contributed by atoms with E-state index in [0.29, 0.717) is 11.0 Å². The minimum atomic E-state index is 0.405. The third-order valence-electron chi connectivity index (χ3n) is 2.57. The van der Waals surface area contributed by atoms with Gasteiger partial charge in [-0.15, -0.1) is 0 Å². The Labute approximate surface area is 116 Å². The molecule has 3 aromatic rings. The number of halogens is 2. The molecular weight excluding hydrogens is 318 g/mol. The molecule has 0 aromatic carbocycles. The van der Waals surface area contributed by atoms with Gasteiger partial charge in [-0.25, -0.2) is 19.9 Å². The van der Waals surface area contributed by atoms with Crippen LogP contribution in [0.25, 0.3) is 22.4 Å². The highest BCUT2D eigenvalue weighted by Crippen LogP contribution is 2.30. The van der Waals surface area contributed by atoms with E-state index in [9.17, 15) is 0 Å². The lowest BCUT2D eigenvalue weighted by Crippen LogP contribution is -1.88. The maximum Gasteiger partial charge on any atom is 0.161 e. The summed E-state index contributed by atoms with van der Waals surface area (Å²) in [5, 5.41) is 1.17. The summed E-state index contributed by atoms with van der Waals surface area (Å²) < 4.78 is 2.71. The molecule has 0 radical (unpaired) electrons. The van der Waals surface area contributed by atoms with Gasteiger partial charge < -0.3 is 4.57 Å². The number of fused-ring (bicyclic) bond motifs is 1. The van der Waals surface area contributed by atoms with E-state index in [1.807, 2.05) is 17.8 Å². The van der Waals surface area contributed by atoms with Gasteiger partial charge in [0.25, 0.3) is 0 Å². The summed E-state index contributed by atoms with van der Waals surface area (Å²) in [6.45, 7) is 0. The van der Waals surface area contributed by atoms with Gasteiger partial charge in [0.05, 0.1) is 9.86 Å². The van der Waals surface area contributed by atoms with Crippen molar-refractivity contribution in [2.75, 3.05) is 0 Å². The Morgan fingerprint density at radius 1 is 1.17 bits per heavy atom. The summed E-state index contributed by atoms with van der Waals surface area (Å²) in [7, 11) is 1.90. The number of hydrogen-bond acceptors (Lipinski definition) is 4. The van der Waals surface area contributed by atoms with E-state index in [0.717, 1.165) is 21.1 Å². The predicted molar refractivity (Wildman–Crippen MR) is 72.2 cm³/mol. The maximum atomic E-state index is 6.13. The first kappa shape index (κ1) is 11.6. The van der Waals surface area contributed by atoms with Crippen molar-refractivity contribution in [3.63, 3.8) is 0 Å². The van der Waals surface area contributed by atoms with Crippen LogP contribution in [0.2, 0.25) is 5.15 Å². The molecule has 18 heavy (non-hydrogen) atoms. The van der Waals surface area contributed by atoms with Crippen LogP contribution in [0.3, 0.4) is 0 Å². The van der Waals surface area contributed by atoms with Crippen molar-refractivity contribution in [1.82, 2.24) is 24.5 Å². The first-order chi connectivity index (χ1) is 8.66. The molecule has 0 unspecified atom stereocenters. The Morgan fingerprint density at radius 2 is 1.89 bits per heavy atom. The van der Waals surface area contributed by atoms with Crippen LogP contribution in [-0.4, -0.2) is 24.5 Å². The normalized spacial score (nSPS) is 11.1. The third-order valence-corrected chi connectivity index (χ3v) is 3.26. The van der Waals surface area contributed by atoms with Crippen LogP contribution in [0.1, 0.15) is 0 Å². The molecule has 0 amide bonds. The molecule has 0 N–H and O–H groups in total. The van der Waals surface area contributed by atoms with Crippen LogP contribution in [0.5, 0.6) is 0 Å². The summed E-state index contributed by atoms with van der Waals surface area (Å²) in [5.41, 5.74) is 1.59. The second-order valence-electron chi connectivity index (χ2n) is 3.74. The van der Waals surface area contributed by atoms with E-state index in [1.165, 1.54) is 6.33 Å². The smallest absolute Gasteiger partial charge is 0.161 e. The van der Waals surface area contributed by atoms with Crippen molar-refractivity contribution in [2.45, 2.75) is 0 Å². The summed E-state index contributed by atoms with van der Waals surface area (Å²) in [4.78, 5) is 16.7. The SMILES string of the molecule is Cn1cc(-c2ncc(Br)cn2)c2c(Cl)ncnc21. The van der Waals surface area contributed by atoms with E-state index in [2.05, 4.69) is 35.9 Å². The van der Waals surface area contributed by atoms with Gasteiger partial charge in [-0.2, -0.15) is 0 Å². The van der Waals surface area contributed by atoms with Crippen molar-refractivity contribution in [1.29, 1.82) is 0 Å². The second kappa shape index (κ2) is 4.29. The number of hydrogen-bond donors (Lipinski definition) is 0. The highest BCUT2D eigenvalue weighted by molar-refractivity contribution is 9.10. The molecule has 90 valence electrons. The zero-order valence-electron chi connectivity index (χ0n) is 9.30. The van der Waals surface area contributed by atoms with Crippen LogP contribution >= 0.6 is 27.5 Å². The standard InChI is InChI=1S/C11H7BrClN5/c1-18-4-7(10-14-2-6(12)3-15-10)8-9(13)16-5-17-11(8)18/h2-5H,1H3. The Morgan fingerprint density at radius 3 is 2.61 bits per heavy atom. The van der Waals surface area contributed by atoms with Crippen LogP contribution in [0, 0.1) is 0 Å². The van der Waals surface area contributed by atoms with Crippen molar-refractivity contribution >= 4 is 38.6 Å². The van der Waals surface area contributed by atoms with Gasteiger partial charge >= 0.3 is 0 Å². The van der Waals surface area contributed by atoms with Gasteiger partial charge in [0.15, 0.2) is 5.82 Å². The second-order valence-corrected chi connectivity index (χ2v) is 5.02. The topological polar surface area (TPSA) is 56.5 Å². The van der Waals surface area contributed by atoms with Crippen LogP contribution in [0.4, 0.5) is 0 Å². The molecule has 0 bridgehead atoms. The van der Waals surface area contributed by atoms with Crippen LogP contribution < -0.4 is 0 Å². The third kappa shape index (κ3) is 1.77. The molecule has 3 rings (SSSR count). The van der Waals surface area contributed by atoms with Gasteiger partial charge in [-0.05, 0) is 15.9 Å². The Balaban J connectivity index is 2.32. The van der Waals surface area contributed by atoms with Crippen molar-refractivity contribution in [3.8, 4) is 11.4 Å². The first-order valence-electron chi connectivity index (χ1n) is 5.10. The number of aromatic nitrogens is 5. The molecule has 5 nitrogen and oxygen atoms in total. The fraction of sp³-hybridized carbons (Fsp3) is 0.0909. The van der Waals surface area contributed by atoms with Gasteiger partial charge in [-0.1, -0.05) is 11.6 Å². The summed E-state index contributed by atoms with van der Waals surface area (Å²) in [6, 6.07) is 0. The molecule has 0 aliphatic rings. The van der Waals surface area contributed by atoms with Gasteiger partial charge in [0, 0.05) is 31.2 Å². The number of aryl methyl sites for hydroxylation is 1. The number of nitrogens with zero attached hydrogens (tertiary/aromatic N) is 5. The molecule has 0 atom stereocenters. The largest absolute Gasteiger partial charge is 0.335 e. The fourth-order valence-corrected chi connectivity index (χ4v) is 2.23. The van der Waals surface area contributed by atoms with Crippen molar-refractivity contribution < 1.29 is 0 Å². The van der Waals surface area contributed by atoms with Crippen molar-refractivity contribution in [3.05, 3.63) is 34.5 Å². The first-order valence-corrected chi connectivity index (χ1v) is 6.27. The molecule has 0 aliphatic heterocycles. The molecule has 0 saturated heterocycles. The molecule has 0 fully saturated rings. The van der Waals surface area contributed by atoms with Crippen LogP contribution in [-0.2, 0) is 7.05 Å². The lowest BCUT2D eigenvalue weighted by molar-refractivity contribution is 0.943. The molecule has 3 heterocycles. The zero-order valence-corrected chi connectivity index (χ0v) is 11.6. The Bertz CT molecular complexity index is 722. The Hall–Kier alpha value is -1.53. The molecule has 0 aliphatic carbocycles. The maximum absolute atomic E-state index is 6.13. The summed E-state index contributed by atoms with van der Waals surface area (Å²) >= 11 is 9.43. The van der Waals surface area contributed by atoms with Crippen molar-refractivity contribution in [2.24, 2.45) is 7.05 Å². The quantitative estimate of drug-likeness (QED) is 0.646. The molecule has 3 aromatic heterocycles. The average Bonchev–Trinajstić information content (AvgIpc) is 2.70. The van der Waals surface area contributed by atoms with E-state index in [1.54, 1.807) is 12.4 Å². The highest BCUT2D eigenvalue weighted by atomic mass is 79.9.